The lowest BCUT2D eigenvalue weighted by molar-refractivity contribution is 0.560. The fraction of sp³-hybridized carbons (Fsp3) is 0.625. The Hall–Kier alpha value is -0.470. The topological polar surface area (TPSA) is 12.0 Å². The SMILES string of the molecule is CCNC(CC)CSc1ccc(C(C)(C)C)cc1. The van der Waals surface area contributed by atoms with Crippen LogP contribution in [-0.2, 0) is 5.41 Å². The zero-order valence-electron chi connectivity index (χ0n) is 12.4. The quantitative estimate of drug-likeness (QED) is 0.762. The molecule has 0 heterocycles. The molecule has 2 heteroatoms. The van der Waals surface area contributed by atoms with Crippen molar-refractivity contribution in [1.82, 2.24) is 5.32 Å². The third-order valence-electron chi connectivity index (χ3n) is 3.16. The highest BCUT2D eigenvalue weighted by Gasteiger charge is 2.13. The molecule has 18 heavy (non-hydrogen) atoms. The van der Waals surface area contributed by atoms with Crippen LogP contribution in [-0.4, -0.2) is 18.3 Å². The summed E-state index contributed by atoms with van der Waals surface area (Å²) in [6.07, 6.45) is 1.20. The van der Waals surface area contributed by atoms with Crippen LogP contribution in [0.5, 0.6) is 0 Å². The normalized spacial score (nSPS) is 13.6. The Bertz CT molecular complexity index is 337. The average molecular weight is 265 g/mol. The molecule has 1 N–H and O–H groups in total. The highest BCUT2D eigenvalue weighted by atomic mass is 32.2. The number of thioether (sulfide) groups is 1. The zero-order chi connectivity index (χ0) is 13.6. The van der Waals surface area contributed by atoms with Crippen LogP contribution >= 0.6 is 11.8 Å². The minimum atomic E-state index is 0.249. The van der Waals surface area contributed by atoms with E-state index in [4.69, 9.17) is 0 Å². The molecule has 1 rings (SSSR count). The van der Waals surface area contributed by atoms with Crippen LogP contribution in [0.25, 0.3) is 0 Å². The van der Waals surface area contributed by atoms with Gasteiger partial charge in [-0.15, -0.1) is 11.8 Å². The van der Waals surface area contributed by atoms with Gasteiger partial charge in [0.15, 0.2) is 0 Å². The van der Waals surface area contributed by atoms with E-state index in [1.54, 1.807) is 0 Å². The van der Waals surface area contributed by atoms with Gasteiger partial charge in [-0.2, -0.15) is 0 Å². The molecule has 0 aliphatic carbocycles. The van der Waals surface area contributed by atoms with E-state index in [1.165, 1.54) is 16.9 Å². The lowest BCUT2D eigenvalue weighted by atomic mass is 9.87. The molecule has 0 saturated carbocycles. The van der Waals surface area contributed by atoms with Crippen LogP contribution in [0.3, 0.4) is 0 Å². The van der Waals surface area contributed by atoms with Gasteiger partial charge in [0.05, 0.1) is 0 Å². The van der Waals surface area contributed by atoms with Gasteiger partial charge in [0.25, 0.3) is 0 Å². The van der Waals surface area contributed by atoms with E-state index in [0.29, 0.717) is 6.04 Å². The van der Waals surface area contributed by atoms with Crippen molar-refractivity contribution in [2.75, 3.05) is 12.3 Å². The van der Waals surface area contributed by atoms with Gasteiger partial charge in [-0.1, -0.05) is 46.8 Å². The molecular weight excluding hydrogens is 238 g/mol. The maximum absolute atomic E-state index is 3.52. The van der Waals surface area contributed by atoms with Crippen molar-refractivity contribution in [2.24, 2.45) is 0 Å². The van der Waals surface area contributed by atoms with Crippen molar-refractivity contribution in [2.45, 2.75) is 57.4 Å². The van der Waals surface area contributed by atoms with Gasteiger partial charge in [-0.05, 0) is 36.1 Å². The Morgan fingerprint density at radius 1 is 1.11 bits per heavy atom. The number of benzene rings is 1. The molecule has 1 aromatic rings. The van der Waals surface area contributed by atoms with E-state index in [9.17, 15) is 0 Å². The summed E-state index contributed by atoms with van der Waals surface area (Å²) in [6, 6.07) is 9.66. The first-order chi connectivity index (χ1) is 8.47. The predicted molar refractivity (Wildman–Crippen MR) is 83.6 cm³/mol. The van der Waals surface area contributed by atoms with E-state index < -0.39 is 0 Å². The average Bonchev–Trinajstić information content (AvgIpc) is 2.34. The second kappa shape index (κ2) is 7.20. The Morgan fingerprint density at radius 3 is 2.17 bits per heavy atom. The fourth-order valence-corrected chi connectivity index (χ4v) is 2.93. The molecule has 0 bridgehead atoms. The lowest BCUT2D eigenvalue weighted by Gasteiger charge is -2.19. The highest BCUT2D eigenvalue weighted by molar-refractivity contribution is 7.99. The van der Waals surface area contributed by atoms with Crippen LogP contribution in [0.1, 0.15) is 46.6 Å². The van der Waals surface area contributed by atoms with Crippen LogP contribution in [0, 0.1) is 0 Å². The van der Waals surface area contributed by atoms with Gasteiger partial charge in [0, 0.05) is 16.7 Å². The molecule has 102 valence electrons. The summed E-state index contributed by atoms with van der Waals surface area (Å²) in [5, 5.41) is 3.52. The molecule has 0 aliphatic rings. The number of hydrogen-bond acceptors (Lipinski definition) is 2. The zero-order valence-corrected chi connectivity index (χ0v) is 13.2. The van der Waals surface area contributed by atoms with Gasteiger partial charge >= 0.3 is 0 Å². The summed E-state index contributed by atoms with van der Waals surface area (Å²) in [7, 11) is 0. The third-order valence-corrected chi connectivity index (χ3v) is 4.33. The first kappa shape index (κ1) is 15.6. The summed E-state index contributed by atoms with van der Waals surface area (Å²) in [6.45, 7) is 12.2. The molecule has 0 saturated heterocycles. The van der Waals surface area contributed by atoms with Gasteiger partial charge in [-0.3, -0.25) is 0 Å². The molecule has 0 radical (unpaired) electrons. The molecule has 0 aliphatic heterocycles. The van der Waals surface area contributed by atoms with E-state index in [-0.39, 0.29) is 5.41 Å². The van der Waals surface area contributed by atoms with Crippen molar-refractivity contribution in [3.8, 4) is 0 Å². The van der Waals surface area contributed by atoms with E-state index in [1.807, 2.05) is 11.8 Å². The van der Waals surface area contributed by atoms with Gasteiger partial charge < -0.3 is 5.32 Å². The highest BCUT2D eigenvalue weighted by Crippen LogP contribution is 2.26. The van der Waals surface area contributed by atoms with E-state index >= 15 is 0 Å². The Balaban J connectivity index is 2.53. The molecule has 1 nitrogen and oxygen atoms in total. The van der Waals surface area contributed by atoms with E-state index in [2.05, 4.69) is 64.2 Å². The van der Waals surface area contributed by atoms with Crippen LogP contribution < -0.4 is 5.32 Å². The molecule has 1 unspecified atom stereocenters. The minimum absolute atomic E-state index is 0.249. The summed E-state index contributed by atoms with van der Waals surface area (Å²) in [4.78, 5) is 1.37. The lowest BCUT2D eigenvalue weighted by Crippen LogP contribution is -2.30. The minimum Gasteiger partial charge on any atom is -0.313 e. The fourth-order valence-electron chi connectivity index (χ4n) is 1.86. The first-order valence-corrected chi connectivity index (χ1v) is 7.92. The number of nitrogens with one attached hydrogen (secondary N) is 1. The van der Waals surface area contributed by atoms with Crippen LogP contribution in [0.15, 0.2) is 29.2 Å². The monoisotopic (exact) mass is 265 g/mol. The number of hydrogen-bond donors (Lipinski definition) is 1. The van der Waals surface area contributed by atoms with Crippen molar-refractivity contribution in [3.05, 3.63) is 29.8 Å². The van der Waals surface area contributed by atoms with Gasteiger partial charge in [0.1, 0.15) is 0 Å². The molecule has 0 aromatic heterocycles. The summed E-state index contributed by atoms with van der Waals surface area (Å²) in [5.41, 5.74) is 1.66. The van der Waals surface area contributed by atoms with Gasteiger partial charge in [0.2, 0.25) is 0 Å². The summed E-state index contributed by atoms with van der Waals surface area (Å²) in [5.74, 6) is 1.15. The van der Waals surface area contributed by atoms with Crippen molar-refractivity contribution < 1.29 is 0 Å². The smallest absolute Gasteiger partial charge is 0.0158 e. The molecule has 0 amide bonds. The second-order valence-corrected chi connectivity index (χ2v) is 6.84. The molecule has 0 spiro atoms. The summed E-state index contributed by atoms with van der Waals surface area (Å²) >= 11 is 1.95. The maximum Gasteiger partial charge on any atom is 0.0158 e. The largest absolute Gasteiger partial charge is 0.313 e. The standard InChI is InChI=1S/C16H27NS/c1-6-14(17-7-2)12-18-15-10-8-13(9-11-15)16(3,4)5/h8-11,14,17H,6-7,12H2,1-5H3. The Labute approximate surface area is 117 Å². The molecular formula is C16H27NS. The number of rotatable bonds is 6. The predicted octanol–water partition coefficient (Wildman–Crippen LogP) is 4.46. The first-order valence-electron chi connectivity index (χ1n) is 6.94. The van der Waals surface area contributed by atoms with Crippen LogP contribution in [0.4, 0.5) is 0 Å². The molecule has 1 aromatic carbocycles. The van der Waals surface area contributed by atoms with Gasteiger partial charge in [-0.25, -0.2) is 0 Å². The van der Waals surface area contributed by atoms with Crippen LogP contribution in [0.2, 0.25) is 0 Å². The van der Waals surface area contributed by atoms with Crippen molar-refractivity contribution in [1.29, 1.82) is 0 Å². The third kappa shape index (κ3) is 5.03. The van der Waals surface area contributed by atoms with Crippen molar-refractivity contribution >= 4 is 11.8 Å². The maximum atomic E-state index is 3.52. The molecule has 1 atom stereocenters. The Kier molecular flexibility index (Phi) is 6.24. The van der Waals surface area contributed by atoms with Crippen molar-refractivity contribution in [3.63, 3.8) is 0 Å². The molecule has 0 fully saturated rings. The van der Waals surface area contributed by atoms with E-state index in [0.717, 1.165) is 12.3 Å². The summed E-state index contributed by atoms with van der Waals surface area (Å²) < 4.78 is 0. The Morgan fingerprint density at radius 2 is 1.72 bits per heavy atom. The second-order valence-electron chi connectivity index (χ2n) is 5.75.